The van der Waals surface area contributed by atoms with Crippen molar-refractivity contribution in [2.75, 3.05) is 6.54 Å². The van der Waals surface area contributed by atoms with Crippen molar-refractivity contribution in [3.05, 3.63) is 33.8 Å². The first-order valence-electron chi connectivity index (χ1n) is 5.70. The molecule has 0 spiro atoms. The first-order chi connectivity index (χ1) is 8.71. The van der Waals surface area contributed by atoms with Crippen LogP contribution in [0.15, 0.2) is 22.7 Å². The molecule has 1 aromatic rings. The summed E-state index contributed by atoms with van der Waals surface area (Å²) in [6.45, 7) is 3.11. The van der Waals surface area contributed by atoms with Crippen molar-refractivity contribution in [1.82, 2.24) is 5.32 Å². The summed E-state index contributed by atoms with van der Waals surface area (Å²) < 4.78 is 0.905. The Kier molecular flexibility index (Phi) is 5.08. The molecule has 1 rings (SSSR count). The van der Waals surface area contributed by atoms with Crippen LogP contribution < -0.4 is 5.32 Å². The van der Waals surface area contributed by atoms with Gasteiger partial charge in [0.15, 0.2) is 0 Å². The number of carbonyl (C=O) groups excluding carboxylic acids is 1. The third kappa shape index (κ3) is 5.00. The van der Waals surface area contributed by atoms with E-state index >= 15 is 0 Å². The van der Waals surface area contributed by atoms with Crippen LogP contribution in [0.5, 0.6) is 0 Å². The number of nitrogens with one attached hydrogen (secondary N) is 1. The minimum atomic E-state index is -1.47. The molecule has 0 aliphatic heterocycles. The first-order valence-corrected chi connectivity index (χ1v) is 6.49. The van der Waals surface area contributed by atoms with Crippen molar-refractivity contribution in [3.8, 4) is 0 Å². The van der Waals surface area contributed by atoms with Crippen LogP contribution in [0.4, 0.5) is 0 Å². The molecule has 0 bridgehead atoms. The highest BCUT2D eigenvalue weighted by Crippen LogP contribution is 2.17. The summed E-state index contributed by atoms with van der Waals surface area (Å²) in [6, 6.07) is 5.13. The zero-order chi connectivity index (χ0) is 14.6. The predicted molar refractivity (Wildman–Crippen MR) is 74.1 cm³/mol. The quantitative estimate of drug-likeness (QED) is 0.767. The van der Waals surface area contributed by atoms with E-state index in [0.29, 0.717) is 5.56 Å². The number of hydrogen-bond acceptors (Lipinski definition) is 3. The predicted octanol–water partition coefficient (Wildman–Crippen LogP) is 1.71. The number of carbonyl (C=O) groups is 2. The Morgan fingerprint density at radius 2 is 2.05 bits per heavy atom. The number of carboxylic acid groups (broad SMARTS) is 1. The van der Waals surface area contributed by atoms with Crippen LogP contribution in [0.1, 0.15) is 29.3 Å². The molecule has 0 fully saturated rings. The topological polar surface area (TPSA) is 86.6 Å². The number of aliphatic carboxylic acids is 1. The summed E-state index contributed by atoms with van der Waals surface area (Å²) >= 11 is 3.34. The highest BCUT2D eigenvalue weighted by atomic mass is 79.9. The summed E-state index contributed by atoms with van der Waals surface area (Å²) in [5.74, 6) is -1.46. The van der Waals surface area contributed by atoms with Crippen molar-refractivity contribution in [3.63, 3.8) is 0 Å². The number of halogens is 1. The average Bonchev–Trinajstić information content (AvgIpc) is 2.28. The van der Waals surface area contributed by atoms with Crippen LogP contribution in [-0.4, -0.2) is 34.2 Å². The normalized spacial score (nSPS) is 13.7. The monoisotopic (exact) mass is 329 g/mol. The van der Waals surface area contributed by atoms with Gasteiger partial charge in [-0.3, -0.25) is 9.59 Å². The molecule has 0 saturated heterocycles. The highest BCUT2D eigenvalue weighted by Gasteiger charge is 2.25. The number of carboxylic acids is 1. The van der Waals surface area contributed by atoms with Gasteiger partial charge in [0.2, 0.25) is 0 Å². The summed E-state index contributed by atoms with van der Waals surface area (Å²) in [4.78, 5) is 22.4. The Hall–Kier alpha value is -1.40. The maximum atomic E-state index is 11.9. The minimum Gasteiger partial charge on any atom is -0.481 e. The van der Waals surface area contributed by atoms with Crippen LogP contribution >= 0.6 is 15.9 Å². The van der Waals surface area contributed by atoms with Gasteiger partial charge >= 0.3 is 5.97 Å². The van der Waals surface area contributed by atoms with Gasteiger partial charge in [-0.2, -0.15) is 0 Å². The fourth-order valence-electron chi connectivity index (χ4n) is 1.55. The second-order valence-electron chi connectivity index (χ2n) is 4.71. The van der Waals surface area contributed by atoms with E-state index in [-0.39, 0.29) is 12.5 Å². The standard InChI is InChI=1S/C13H16BrNO4/c1-8-5-9(3-4-10(8)14)12(18)15-7-13(2,19)6-11(16)17/h3-5,19H,6-7H2,1-2H3,(H,15,18)(H,16,17). The Morgan fingerprint density at radius 1 is 1.42 bits per heavy atom. The van der Waals surface area contributed by atoms with E-state index < -0.39 is 18.0 Å². The zero-order valence-electron chi connectivity index (χ0n) is 10.7. The molecule has 1 aromatic carbocycles. The maximum Gasteiger partial charge on any atom is 0.306 e. The van der Waals surface area contributed by atoms with E-state index in [1.807, 2.05) is 6.92 Å². The number of aryl methyl sites for hydroxylation is 1. The molecule has 0 aliphatic carbocycles. The maximum absolute atomic E-state index is 11.9. The molecule has 6 heteroatoms. The van der Waals surface area contributed by atoms with Crippen molar-refractivity contribution in [1.29, 1.82) is 0 Å². The Bertz CT molecular complexity index is 499. The summed E-state index contributed by atoms with van der Waals surface area (Å²) in [7, 11) is 0. The van der Waals surface area contributed by atoms with Gasteiger partial charge in [0.1, 0.15) is 0 Å². The van der Waals surface area contributed by atoms with Gasteiger partial charge in [-0.1, -0.05) is 15.9 Å². The number of amides is 1. The molecular weight excluding hydrogens is 314 g/mol. The highest BCUT2D eigenvalue weighted by molar-refractivity contribution is 9.10. The molecule has 0 aromatic heterocycles. The number of benzene rings is 1. The smallest absolute Gasteiger partial charge is 0.306 e. The molecular formula is C13H16BrNO4. The molecule has 1 atom stereocenters. The zero-order valence-corrected chi connectivity index (χ0v) is 12.3. The van der Waals surface area contributed by atoms with E-state index in [1.165, 1.54) is 6.92 Å². The molecule has 104 valence electrons. The summed E-state index contributed by atoms with van der Waals surface area (Å²) in [5, 5.41) is 20.9. The lowest BCUT2D eigenvalue weighted by Gasteiger charge is -2.21. The van der Waals surface area contributed by atoms with Gasteiger partial charge in [0.25, 0.3) is 5.91 Å². The molecule has 0 aliphatic rings. The van der Waals surface area contributed by atoms with Gasteiger partial charge in [-0.15, -0.1) is 0 Å². The largest absolute Gasteiger partial charge is 0.481 e. The Balaban J connectivity index is 2.65. The lowest BCUT2D eigenvalue weighted by atomic mass is 10.0. The third-order valence-corrected chi connectivity index (χ3v) is 3.47. The van der Waals surface area contributed by atoms with Crippen LogP contribution in [0, 0.1) is 6.92 Å². The third-order valence-electron chi connectivity index (χ3n) is 2.58. The van der Waals surface area contributed by atoms with Crippen LogP contribution in [0.3, 0.4) is 0 Å². The van der Waals surface area contributed by atoms with Gasteiger partial charge in [0.05, 0.1) is 12.0 Å². The number of hydrogen-bond donors (Lipinski definition) is 3. The van der Waals surface area contributed by atoms with E-state index in [1.54, 1.807) is 18.2 Å². The fraction of sp³-hybridized carbons (Fsp3) is 0.385. The molecule has 5 nitrogen and oxygen atoms in total. The average molecular weight is 330 g/mol. The molecule has 0 heterocycles. The van der Waals surface area contributed by atoms with Crippen LogP contribution in [0.2, 0.25) is 0 Å². The number of aliphatic hydroxyl groups is 1. The van der Waals surface area contributed by atoms with Crippen molar-refractivity contribution < 1.29 is 19.8 Å². The second kappa shape index (κ2) is 6.16. The Morgan fingerprint density at radius 3 is 2.58 bits per heavy atom. The Labute approximate surface area is 119 Å². The second-order valence-corrected chi connectivity index (χ2v) is 5.57. The van der Waals surface area contributed by atoms with Gasteiger partial charge < -0.3 is 15.5 Å². The lowest BCUT2D eigenvalue weighted by Crippen LogP contribution is -2.42. The molecule has 1 amide bonds. The van der Waals surface area contributed by atoms with E-state index in [4.69, 9.17) is 5.11 Å². The number of rotatable bonds is 5. The summed E-state index contributed by atoms with van der Waals surface area (Å²) in [6.07, 6.45) is -0.424. The van der Waals surface area contributed by atoms with E-state index in [0.717, 1.165) is 10.0 Å². The van der Waals surface area contributed by atoms with E-state index in [9.17, 15) is 14.7 Å². The van der Waals surface area contributed by atoms with Crippen molar-refractivity contribution in [2.45, 2.75) is 25.9 Å². The van der Waals surface area contributed by atoms with Crippen LogP contribution in [0.25, 0.3) is 0 Å². The van der Waals surface area contributed by atoms with Crippen LogP contribution in [-0.2, 0) is 4.79 Å². The minimum absolute atomic E-state index is 0.118. The SMILES string of the molecule is Cc1cc(C(=O)NCC(C)(O)CC(=O)O)ccc1Br. The van der Waals surface area contributed by atoms with Crippen molar-refractivity contribution >= 4 is 27.8 Å². The lowest BCUT2D eigenvalue weighted by molar-refractivity contribution is -0.141. The molecule has 1 unspecified atom stereocenters. The van der Waals surface area contributed by atoms with Gasteiger partial charge in [-0.05, 0) is 37.6 Å². The van der Waals surface area contributed by atoms with E-state index in [2.05, 4.69) is 21.2 Å². The molecule has 0 saturated carbocycles. The van der Waals surface area contributed by atoms with Crippen molar-refractivity contribution in [2.24, 2.45) is 0 Å². The van der Waals surface area contributed by atoms with Gasteiger partial charge in [-0.25, -0.2) is 0 Å². The summed E-state index contributed by atoms with van der Waals surface area (Å²) in [5.41, 5.74) is -0.0805. The molecule has 3 N–H and O–H groups in total. The van der Waals surface area contributed by atoms with Gasteiger partial charge in [0, 0.05) is 16.6 Å². The first kappa shape index (κ1) is 15.7. The fourth-order valence-corrected chi connectivity index (χ4v) is 1.79. The molecule has 0 radical (unpaired) electrons. The molecule has 19 heavy (non-hydrogen) atoms.